The van der Waals surface area contributed by atoms with Gasteiger partial charge in [0.05, 0.1) is 10.9 Å². The van der Waals surface area contributed by atoms with Crippen LogP contribution >= 0.6 is 0 Å². The minimum atomic E-state index is 0.0931. The van der Waals surface area contributed by atoms with Gasteiger partial charge < -0.3 is 0 Å². The zero-order valence-corrected chi connectivity index (χ0v) is 10.9. The fraction of sp³-hybridized carbons (Fsp3) is 0.429. The Morgan fingerprint density at radius 1 is 1.18 bits per heavy atom. The molecule has 1 aromatic heterocycles. The van der Waals surface area contributed by atoms with E-state index in [2.05, 4.69) is 11.9 Å². The highest BCUT2D eigenvalue weighted by molar-refractivity contribution is 5.84. The lowest BCUT2D eigenvalue weighted by atomic mass is 10.1. The maximum Gasteiger partial charge on any atom is 0.261 e. The summed E-state index contributed by atoms with van der Waals surface area (Å²) in [6, 6.07) is 4.01. The Bertz CT molecular complexity index is 626. The molecule has 0 aliphatic rings. The van der Waals surface area contributed by atoms with E-state index in [9.17, 15) is 4.79 Å². The van der Waals surface area contributed by atoms with Crippen molar-refractivity contribution in [3.05, 3.63) is 39.4 Å². The van der Waals surface area contributed by atoms with E-state index < -0.39 is 0 Å². The SMILES string of the molecule is CCCn1c(C)nc2c(C)ccc(C)c2c1=O. The van der Waals surface area contributed by atoms with Crippen molar-refractivity contribution in [2.24, 2.45) is 0 Å². The van der Waals surface area contributed by atoms with E-state index >= 15 is 0 Å². The van der Waals surface area contributed by atoms with E-state index in [1.165, 1.54) is 0 Å². The zero-order valence-electron chi connectivity index (χ0n) is 10.9. The summed E-state index contributed by atoms with van der Waals surface area (Å²) in [6.45, 7) is 8.67. The number of nitrogens with zero attached hydrogens (tertiary/aromatic N) is 2. The van der Waals surface area contributed by atoms with Crippen LogP contribution in [0.5, 0.6) is 0 Å². The third kappa shape index (κ3) is 1.86. The lowest BCUT2D eigenvalue weighted by molar-refractivity contribution is 0.625. The van der Waals surface area contributed by atoms with Gasteiger partial charge in [0.15, 0.2) is 0 Å². The zero-order chi connectivity index (χ0) is 12.6. The van der Waals surface area contributed by atoms with Gasteiger partial charge >= 0.3 is 0 Å². The summed E-state index contributed by atoms with van der Waals surface area (Å²) in [5, 5.41) is 0.768. The van der Waals surface area contributed by atoms with E-state index in [-0.39, 0.29) is 5.56 Å². The van der Waals surface area contributed by atoms with Crippen LogP contribution in [0.25, 0.3) is 10.9 Å². The quantitative estimate of drug-likeness (QED) is 0.795. The molecule has 0 radical (unpaired) electrons. The van der Waals surface area contributed by atoms with Gasteiger partial charge in [0.25, 0.3) is 5.56 Å². The molecule has 1 aromatic carbocycles. The van der Waals surface area contributed by atoms with Gasteiger partial charge in [-0.3, -0.25) is 9.36 Å². The van der Waals surface area contributed by atoms with E-state index in [1.807, 2.05) is 32.9 Å². The minimum absolute atomic E-state index is 0.0931. The summed E-state index contributed by atoms with van der Waals surface area (Å²) in [4.78, 5) is 17.0. The fourth-order valence-electron chi connectivity index (χ4n) is 2.20. The second-order valence-corrected chi connectivity index (χ2v) is 4.54. The van der Waals surface area contributed by atoms with Crippen LogP contribution in [-0.4, -0.2) is 9.55 Å². The van der Waals surface area contributed by atoms with Crippen LogP contribution in [-0.2, 0) is 6.54 Å². The molecule has 1 heterocycles. The first-order chi connectivity index (χ1) is 8.06. The highest BCUT2D eigenvalue weighted by atomic mass is 16.1. The van der Waals surface area contributed by atoms with Gasteiger partial charge in [0, 0.05) is 6.54 Å². The summed E-state index contributed by atoms with van der Waals surface area (Å²) < 4.78 is 1.77. The third-order valence-electron chi connectivity index (χ3n) is 3.16. The number of benzene rings is 1. The molecular weight excluding hydrogens is 212 g/mol. The summed E-state index contributed by atoms with van der Waals surface area (Å²) in [5.74, 6) is 0.804. The summed E-state index contributed by atoms with van der Waals surface area (Å²) >= 11 is 0. The average molecular weight is 230 g/mol. The Morgan fingerprint density at radius 3 is 2.47 bits per heavy atom. The Balaban J connectivity index is 2.92. The molecule has 0 aliphatic heterocycles. The molecule has 0 spiro atoms. The predicted molar refractivity (Wildman–Crippen MR) is 70.5 cm³/mol. The van der Waals surface area contributed by atoms with Gasteiger partial charge in [0.2, 0.25) is 0 Å². The van der Waals surface area contributed by atoms with Crippen LogP contribution in [0, 0.1) is 20.8 Å². The minimum Gasteiger partial charge on any atom is -0.296 e. The van der Waals surface area contributed by atoms with E-state index in [4.69, 9.17) is 0 Å². The highest BCUT2D eigenvalue weighted by Gasteiger charge is 2.11. The molecule has 17 heavy (non-hydrogen) atoms. The molecule has 0 N–H and O–H groups in total. The molecule has 0 aliphatic carbocycles. The van der Waals surface area contributed by atoms with Crippen LogP contribution in [0.1, 0.15) is 30.3 Å². The number of aromatic nitrogens is 2. The smallest absolute Gasteiger partial charge is 0.261 e. The maximum atomic E-state index is 12.4. The third-order valence-corrected chi connectivity index (χ3v) is 3.16. The first-order valence-electron chi connectivity index (χ1n) is 6.03. The number of rotatable bonds is 2. The Morgan fingerprint density at radius 2 is 1.82 bits per heavy atom. The van der Waals surface area contributed by atoms with Gasteiger partial charge in [-0.05, 0) is 38.3 Å². The molecule has 0 bridgehead atoms. The monoisotopic (exact) mass is 230 g/mol. The molecule has 0 amide bonds. The lowest BCUT2D eigenvalue weighted by Gasteiger charge is -2.12. The number of fused-ring (bicyclic) bond motifs is 1. The molecule has 3 heteroatoms. The topological polar surface area (TPSA) is 34.9 Å². The van der Waals surface area contributed by atoms with Crippen molar-refractivity contribution in [1.29, 1.82) is 0 Å². The number of hydrogen-bond donors (Lipinski definition) is 0. The normalized spacial score (nSPS) is 11.1. The van der Waals surface area contributed by atoms with Crippen molar-refractivity contribution in [2.75, 3.05) is 0 Å². The van der Waals surface area contributed by atoms with Gasteiger partial charge in [-0.2, -0.15) is 0 Å². The second-order valence-electron chi connectivity index (χ2n) is 4.54. The fourth-order valence-corrected chi connectivity index (χ4v) is 2.20. The van der Waals surface area contributed by atoms with Crippen molar-refractivity contribution in [3.8, 4) is 0 Å². The molecular formula is C14H18N2O. The van der Waals surface area contributed by atoms with Gasteiger partial charge in [-0.1, -0.05) is 19.1 Å². The summed E-state index contributed by atoms with van der Waals surface area (Å²) in [7, 11) is 0. The molecule has 3 nitrogen and oxygen atoms in total. The van der Waals surface area contributed by atoms with E-state index in [0.717, 1.165) is 40.8 Å². The van der Waals surface area contributed by atoms with E-state index in [1.54, 1.807) is 4.57 Å². The highest BCUT2D eigenvalue weighted by Crippen LogP contribution is 2.17. The average Bonchev–Trinajstić information content (AvgIpc) is 2.29. The van der Waals surface area contributed by atoms with Gasteiger partial charge in [-0.15, -0.1) is 0 Å². The standard InChI is InChI=1S/C14H18N2O/c1-5-8-16-11(4)15-13-10(3)7-6-9(2)12(13)14(16)17/h6-7H,5,8H2,1-4H3. The molecule has 0 atom stereocenters. The lowest BCUT2D eigenvalue weighted by Crippen LogP contribution is -2.24. The summed E-state index contributed by atoms with van der Waals surface area (Å²) in [5.41, 5.74) is 3.01. The second kappa shape index (κ2) is 4.32. The van der Waals surface area contributed by atoms with Crippen LogP contribution in [0.3, 0.4) is 0 Å². The molecule has 2 rings (SSSR count). The van der Waals surface area contributed by atoms with Crippen LogP contribution < -0.4 is 5.56 Å². The Kier molecular flexibility index (Phi) is 3.01. The molecule has 0 saturated heterocycles. The van der Waals surface area contributed by atoms with Crippen LogP contribution in [0.2, 0.25) is 0 Å². The van der Waals surface area contributed by atoms with Gasteiger partial charge in [0.1, 0.15) is 5.82 Å². The van der Waals surface area contributed by atoms with Crippen molar-refractivity contribution in [2.45, 2.75) is 40.7 Å². The Hall–Kier alpha value is -1.64. The largest absolute Gasteiger partial charge is 0.296 e. The first-order valence-corrected chi connectivity index (χ1v) is 6.03. The number of hydrogen-bond acceptors (Lipinski definition) is 2. The molecule has 0 saturated carbocycles. The van der Waals surface area contributed by atoms with Crippen molar-refractivity contribution in [3.63, 3.8) is 0 Å². The predicted octanol–water partition coefficient (Wildman–Crippen LogP) is 2.73. The number of aryl methyl sites for hydroxylation is 3. The van der Waals surface area contributed by atoms with Crippen molar-refractivity contribution in [1.82, 2.24) is 9.55 Å². The van der Waals surface area contributed by atoms with Crippen molar-refractivity contribution >= 4 is 10.9 Å². The Labute approximate surface area is 101 Å². The van der Waals surface area contributed by atoms with Crippen LogP contribution in [0.15, 0.2) is 16.9 Å². The molecule has 2 aromatic rings. The summed E-state index contributed by atoms with van der Waals surface area (Å²) in [6.07, 6.45) is 0.943. The molecule has 0 unspecified atom stereocenters. The molecule has 0 fully saturated rings. The first kappa shape index (κ1) is 11.8. The van der Waals surface area contributed by atoms with Crippen LogP contribution in [0.4, 0.5) is 0 Å². The van der Waals surface area contributed by atoms with Crippen molar-refractivity contribution < 1.29 is 0 Å². The van der Waals surface area contributed by atoms with E-state index in [0.29, 0.717) is 0 Å². The molecule has 90 valence electrons. The van der Waals surface area contributed by atoms with Gasteiger partial charge in [-0.25, -0.2) is 4.98 Å². The maximum absolute atomic E-state index is 12.4.